The van der Waals surface area contributed by atoms with Crippen molar-refractivity contribution in [1.82, 2.24) is 4.98 Å². The summed E-state index contributed by atoms with van der Waals surface area (Å²) in [7, 11) is -0.390. The van der Waals surface area contributed by atoms with Crippen LogP contribution in [0.15, 0.2) is 72.8 Å². The molecule has 0 bridgehead atoms. The molecule has 0 amide bonds. The van der Waals surface area contributed by atoms with Crippen LogP contribution in [0, 0.1) is 0 Å². The zero-order chi connectivity index (χ0) is 22.1. The molecule has 3 aromatic carbocycles. The third-order valence-electron chi connectivity index (χ3n) is 6.90. The van der Waals surface area contributed by atoms with Gasteiger partial charge in [-0.3, -0.25) is 0 Å². The van der Waals surface area contributed by atoms with Gasteiger partial charge in [-0.25, -0.2) is 4.98 Å². The summed E-state index contributed by atoms with van der Waals surface area (Å²) in [5.74, 6) is 0. The number of pyridine rings is 1. The molecule has 0 spiro atoms. The van der Waals surface area contributed by atoms with Crippen LogP contribution in [-0.2, 0) is 9.31 Å². The molecule has 158 valence electrons. The lowest BCUT2D eigenvalue weighted by Crippen LogP contribution is -2.41. The van der Waals surface area contributed by atoms with Crippen LogP contribution in [-0.4, -0.2) is 23.3 Å². The SMILES string of the molecule is CC1(C)OB(c2cccc(-c3nc4ccccc4c4c3sc3ccccc34)c2)OC1(C)C. The van der Waals surface area contributed by atoms with E-state index < -0.39 is 7.12 Å². The molecule has 0 atom stereocenters. The fourth-order valence-electron chi connectivity index (χ4n) is 4.44. The Bertz CT molecular complexity index is 1490. The summed E-state index contributed by atoms with van der Waals surface area (Å²) in [4.78, 5) is 5.12. The Morgan fingerprint density at radius 2 is 1.47 bits per heavy atom. The van der Waals surface area contributed by atoms with Crippen LogP contribution in [0.3, 0.4) is 0 Å². The predicted molar refractivity (Wildman–Crippen MR) is 136 cm³/mol. The van der Waals surface area contributed by atoms with E-state index in [2.05, 4.69) is 100 Å². The third kappa shape index (κ3) is 2.92. The van der Waals surface area contributed by atoms with Crippen LogP contribution in [0.5, 0.6) is 0 Å². The summed E-state index contributed by atoms with van der Waals surface area (Å²) in [6.45, 7) is 8.34. The van der Waals surface area contributed by atoms with Gasteiger partial charge in [0.2, 0.25) is 0 Å². The van der Waals surface area contributed by atoms with Gasteiger partial charge in [0, 0.05) is 26.4 Å². The molecule has 1 saturated heterocycles. The van der Waals surface area contributed by atoms with Crippen molar-refractivity contribution < 1.29 is 9.31 Å². The zero-order valence-corrected chi connectivity index (χ0v) is 19.5. The number of nitrogens with zero attached hydrogens (tertiary/aromatic N) is 1. The highest BCUT2D eigenvalue weighted by atomic mass is 32.1. The maximum Gasteiger partial charge on any atom is 0.494 e. The molecular weight excluding hydrogens is 413 g/mol. The molecule has 0 saturated carbocycles. The fraction of sp³-hybridized carbons (Fsp3) is 0.222. The number of aromatic nitrogens is 1. The summed E-state index contributed by atoms with van der Waals surface area (Å²) < 4.78 is 15.1. The van der Waals surface area contributed by atoms with E-state index >= 15 is 0 Å². The van der Waals surface area contributed by atoms with Gasteiger partial charge in [0.1, 0.15) is 0 Å². The number of para-hydroxylation sites is 1. The van der Waals surface area contributed by atoms with Gasteiger partial charge < -0.3 is 9.31 Å². The summed E-state index contributed by atoms with van der Waals surface area (Å²) >= 11 is 1.81. The molecule has 5 aromatic rings. The summed E-state index contributed by atoms with van der Waals surface area (Å²) in [6, 6.07) is 25.5. The molecule has 0 unspecified atom stereocenters. The number of thiophene rings is 1. The van der Waals surface area contributed by atoms with E-state index in [1.165, 1.54) is 25.6 Å². The Morgan fingerprint density at radius 3 is 2.25 bits per heavy atom. The van der Waals surface area contributed by atoms with Crippen molar-refractivity contribution in [2.45, 2.75) is 38.9 Å². The number of benzene rings is 3. The molecule has 0 aliphatic carbocycles. The summed E-state index contributed by atoms with van der Waals surface area (Å²) in [5, 5.41) is 3.77. The van der Waals surface area contributed by atoms with Crippen molar-refractivity contribution in [1.29, 1.82) is 0 Å². The molecule has 2 aromatic heterocycles. The molecule has 0 radical (unpaired) electrons. The standard InChI is InChI=1S/C27H24BNO2S/c1-26(2)27(3,4)31-28(30-26)18-11-9-10-17(16-18)24-25-23(19-12-5-7-14-21(19)29-24)20-13-6-8-15-22(20)32-25/h5-16H,1-4H3. The molecule has 3 nitrogen and oxygen atoms in total. The van der Waals surface area contributed by atoms with Crippen molar-refractivity contribution >= 4 is 55.0 Å². The maximum atomic E-state index is 6.31. The highest BCUT2D eigenvalue weighted by Gasteiger charge is 2.51. The molecular formula is C27H24BNO2S. The van der Waals surface area contributed by atoms with Gasteiger partial charge in [0.05, 0.1) is 27.1 Å². The summed E-state index contributed by atoms with van der Waals surface area (Å²) in [6.07, 6.45) is 0. The average Bonchev–Trinajstić information content (AvgIpc) is 3.27. The van der Waals surface area contributed by atoms with E-state index in [0.717, 1.165) is 22.2 Å². The first-order valence-electron chi connectivity index (χ1n) is 11.0. The van der Waals surface area contributed by atoms with Crippen molar-refractivity contribution in [3.05, 3.63) is 72.8 Å². The normalized spacial score (nSPS) is 17.6. The molecule has 6 rings (SSSR count). The molecule has 5 heteroatoms. The number of fused-ring (bicyclic) bond motifs is 5. The summed E-state index contributed by atoms with van der Waals surface area (Å²) in [5.41, 5.74) is 3.39. The minimum absolute atomic E-state index is 0.367. The van der Waals surface area contributed by atoms with Crippen molar-refractivity contribution in [3.63, 3.8) is 0 Å². The highest BCUT2D eigenvalue weighted by Crippen LogP contribution is 2.42. The lowest BCUT2D eigenvalue weighted by atomic mass is 9.78. The van der Waals surface area contributed by atoms with Gasteiger partial charge >= 0.3 is 7.12 Å². The Morgan fingerprint density at radius 1 is 0.781 bits per heavy atom. The van der Waals surface area contributed by atoms with E-state index in [1.54, 1.807) is 0 Å². The van der Waals surface area contributed by atoms with Crippen LogP contribution in [0.25, 0.3) is 42.3 Å². The lowest BCUT2D eigenvalue weighted by molar-refractivity contribution is 0.00578. The number of hydrogen-bond donors (Lipinski definition) is 0. The predicted octanol–water partition coefficient (Wildman–Crippen LogP) is 6.57. The smallest absolute Gasteiger partial charge is 0.399 e. The van der Waals surface area contributed by atoms with Gasteiger partial charge in [-0.2, -0.15) is 0 Å². The molecule has 1 aliphatic rings. The highest BCUT2D eigenvalue weighted by molar-refractivity contribution is 7.26. The van der Waals surface area contributed by atoms with Gasteiger partial charge in [-0.1, -0.05) is 60.7 Å². The van der Waals surface area contributed by atoms with Crippen LogP contribution in [0.1, 0.15) is 27.7 Å². The number of hydrogen-bond acceptors (Lipinski definition) is 4. The van der Waals surface area contributed by atoms with E-state index in [-0.39, 0.29) is 11.2 Å². The average molecular weight is 437 g/mol. The van der Waals surface area contributed by atoms with E-state index in [1.807, 2.05) is 11.3 Å². The first-order chi connectivity index (χ1) is 15.3. The van der Waals surface area contributed by atoms with Gasteiger partial charge in [-0.05, 0) is 45.3 Å². The van der Waals surface area contributed by atoms with Crippen LogP contribution in [0.2, 0.25) is 0 Å². The fourth-order valence-corrected chi connectivity index (χ4v) is 5.67. The zero-order valence-electron chi connectivity index (χ0n) is 18.7. The lowest BCUT2D eigenvalue weighted by Gasteiger charge is -2.32. The van der Waals surface area contributed by atoms with E-state index in [9.17, 15) is 0 Å². The second kappa shape index (κ2) is 6.88. The maximum absolute atomic E-state index is 6.31. The Balaban J connectivity index is 1.57. The first-order valence-corrected chi connectivity index (χ1v) is 11.8. The molecule has 1 fully saturated rings. The molecule has 3 heterocycles. The minimum atomic E-state index is -0.390. The third-order valence-corrected chi connectivity index (χ3v) is 8.08. The van der Waals surface area contributed by atoms with Crippen molar-refractivity contribution in [2.75, 3.05) is 0 Å². The minimum Gasteiger partial charge on any atom is -0.399 e. The van der Waals surface area contributed by atoms with Crippen LogP contribution in [0.4, 0.5) is 0 Å². The largest absolute Gasteiger partial charge is 0.494 e. The molecule has 32 heavy (non-hydrogen) atoms. The van der Waals surface area contributed by atoms with Crippen LogP contribution < -0.4 is 5.46 Å². The van der Waals surface area contributed by atoms with Crippen LogP contribution >= 0.6 is 11.3 Å². The van der Waals surface area contributed by atoms with Crippen molar-refractivity contribution in [3.8, 4) is 11.3 Å². The van der Waals surface area contributed by atoms with E-state index in [0.29, 0.717) is 0 Å². The quantitative estimate of drug-likeness (QED) is 0.293. The topological polar surface area (TPSA) is 31.4 Å². The van der Waals surface area contributed by atoms with Crippen molar-refractivity contribution in [2.24, 2.45) is 0 Å². The Labute approximate surface area is 192 Å². The van der Waals surface area contributed by atoms with E-state index in [4.69, 9.17) is 14.3 Å². The second-order valence-electron chi connectivity index (χ2n) is 9.49. The van der Waals surface area contributed by atoms with Gasteiger partial charge in [-0.15, -0.1) is 11.3 Å². The molecule has 1 aliphatic heterocycles. The number of rotatable bonds is 2. The monoisotopic (exact) mass is 437 g/mol. The van der Waals surface area contributed by atoms with Gasteiger partial charge in [0.15, 0.2) is 0 Å². The first kappa shape index (κ1) is 19.9. The Kier molecular flexibility index (Phi) is 4.29. The second-order valence-corrected chi connectivity index (χ2v) is 10.5. The Hall–Kier alpha value is -2.73. The van der Waals surface area contributed by atoms with Gasteiger partial charge in [0.25, 0.3) is 0 Å². The molecule has 0 N–H and O–H groups in total.